The number of aromatic nitrogens is 3. The zero-order chi connectivity index (χ0) is 9.14. The van der Waals surface area contributed by atoms with Gasteiger partial charge in [0.2, 0.25) is 0 Å². The van der Waals surface area contributed by atoms with E-state index in [1.54, 1.807) is 14.0 Å². The molecule has 68 valence electrons. The molecule has 0 fully saturated rings. The Bertz CT molecular complexity index is 249. The van der Waals surface area contributed by atoms with Gasteiger partial charge in [-0.3, -0.25) is 0 Å². The van der Waals surface area contributed by atoms with Gasteiger partial charge in [0, 0.05) is 7.05 Å². The molecule has 0 radical (unpaired) electrons. The van der Waals surface area contributed by atoms with Crippen molar-refractivity contribution in [2.24, 2.45) is 7.05 Å². The monoisotopic (exact) mass is 171 g/mol. The molecular formula is C7H13N3O2. The van der Waals surface area contributed by atoms with E-state index in [1.165, 1.54) is 10.9 Å². The molecule has 2 unspecified atom stereocenters. The SMILES string of the molecule is CCC(O)C(O)c1cnnn1C. The maximum atomic E-state index is 9.51. The van der Waals surface area contributed by atoms with Crippen molar-refractivity contribution in [2.75, 3.05) is 0 Å². The summed E-state index contributed by atoms with van der Waals surface area (Å²) in [6.07, 6.45) is 0.313. The quantitative estimate of drug-likeness (QED) is 0.650. The summed E-state index contributed by atoms with van der Waals surface area (Å²) in [5, 5.41) is 26.1. The Labute approximate surface area is 70.6 Å². The van der Waals surface area contributed by atoms with Gasteiger partial charge in [0.25, 0.3) is 0 Å². The third-order valence-corrected chi connectivity index (χ3v) is 1.84. The minimum atomic E-state index is -0.894. The number of aryl methyl sites for hydroxylation is 1. The Balaban J connectivity index is 2.77. The molecule has 0 bridgehead atoms. The zero-order valence-electron chi connectivity index (χ0n) is 7.18. The summed E-state index contributed by atoms with van der Waals surface area (Å²) in [6.45, 7) is 1.80. The maximum absolute atomic E-state index is 9.51. The molecule has 2 N–H and O–H groups in total. The first-order valence-corrected chi connectivity index (χ1v) is 3.87. The lowest BCUT2D eigenvalue weighted by Crippen LogP contribution is -2.19. The Morgan fingerprint density at radius 1 is 1.58 bits per heavy atom. The summed E-state index contributed by atoms with van der Waals surface area (Å²) in [7, 11) is 1.67. The van der Waals surface area contributed by atoms with E-state index in [9.17, 15) is 10.2 Å². The van der Waals surface area contributed by atoms with Crippen LogP contribution in [0.4, 0.5) is 0 Å². The summed E-state index contributed by atoms with van der Waals surface area (Å²) in [5.41, 5.74) is 0.532. The molecule has 1 aromatic heterocycles. The number of aliphatic hydroxyl groups is 2. The maximum Gasteiger partial charge on any atom is 0.123 e. The van der Waals surface area contributed by atoms with Gasteiger partial charge in [0.15, 0.2) is 0 Å². The fourth-order valence-corrected chi connectivity index (χ4v) is 0.986. The second-order valence-electron chi connectivity index (χ2n) is 2.70. The normalized spacial score (nSPS) is 16.0. The molecule has 0 aliphatic carbocycles. The van der Waals surface area contributed by atoms with E-state index in [4.69, 9.17) is 0 Å². The number of nitrogens with zero attached hydrogens (tertiary/aromatic N) is 3. The van der Waals surface area contributed by atoms with Crippen molar-refractivity contribution in [3.8, 4) is 0 Å². The van der Waals surface area contributed by atoms with Crippen LogP contribution >= 0.6 is 0 Å². The second kappa shape index (κ2) is 3.64. The molecule has 0 aliphatic heterocycles. The first-order chi connectivity index (χ1) is 5.66. The van der Waals surface area contributed by atoms with Crippen LogP contribution in [-0.4, -0.2) is 31.3 Å². The van der Waals surface area contributed by atoms with Crippen LogP contribution in [0.3, 0.4) is 0 Å². The van der Waals surface area contributed by atoms with E-state index >= 15 is 0 Å². The average Bonchev–Trinajstić information content (AvgIpc) is 2.48. The van der Waals surface area contributed by atoms with Crippen LogP contribution < -0.4 is 0 Å². The highest BCUT2D eigenvalue weighted by molar-refractivity contribution is 5.00. The highest BCUT2D eigenvalue weighted by atomic mass is 16.3. The van der Waals surface area contributed by atoms with Crippen LogP contribution in [0.15, 0.2) is 6.20 Å². The molecule has 2 atom stereocenters. The molecule has 1 heterocycles. The van der Waals surface area contributed by atoms with Gasteiger partial charge in [-0.15, -0.1) is 5.10 Å². The standard InChI is InChI=1S/C7H13N3O2/c1-3-6(11)7(12)5-4-8-9-10(5)2/h4,6-7,11-12H,3H2,1-2H3. The molecule has 0 aromatic carbocycles. The van der Waals surface area contributed by atoms with Gasteiger partial charge in [-0.05, 0) is 6.42 Å². The van der Waals surface area contributed by atoms with E-state index in [0.29, 0.717) is 12.1 Å². The van der Waals surface area contributed by atoms with Crippen molar-refractivity contribution in [2.45, 2.75) is 25.6 Å². The van der Waals surface area contributed by atoms with Gasteiger partial charge in [-0.1, -0.05) is 12.1 Å². The average molecular weight is 171 g/mol. The Hall–Kier alpha value is -0.940. The zero-order valence-corrected chi connectivity index (χ0v) is 7.18. The third-order valence-electron chi connectivity index (χ3n) is 1.84. The number of hydrogen-bond acceptors (Lipinski definition) is 4. The van der Waals surface area contributed by atoms with E-state index in [2.05, 4.69) is 10.3 Å². The molecule has 1 aromatic rings. The van der Waals surface area contributed by atoms with Gasteiger partial charge in [-0.25, -0.2) is 4.68 Å². The summed E-state index contributed by atoms with van der Waals surface area (Å²) < 4.78 is 1.45. The van der Waals surface area contributed by atoms with Crippen LogP contribution in [0.5, 0.6) is 0 Å². The number of aliphatic hydroxyl groups excluding tert-OH is 2. The van der Waals surface area contributed by atoms with Crippen LogP contribution in [0.1, 0.15) is 25.1 Å². The molecule has 0 saturated carbocycles. The molecule has 12 heavy (non-hydrogen) atoms. The van der Waals surface area contributed by atoms with Crippen LogP contribution in [0.25, 0.3) is 0 Å². The summed E-state index contributed by atoms with van der Waals surface area (Å²) in [6, 6.07) is 0. The molecular weight excluding hydrogens is 158 g/mol. The molecule has 5 heteroatoms. The third kappa shape index (κ3) is 1.62. The molecule has 5 nitrogen and oxygen atoms in total. The van der Waals surface area contributed by atoms with Crippen molar-refractivity contribution in [1.29, 1.82) is 0 Å². The Morgan fingerprint density at radius 3 is 2.67 bits per heavy atom. The van der Waals surface area contributed by atoms with Crippen molar-refractivity contribution in [1.82, 2.24) is 15.0 Å². The number of rotatable bonds is 3. The molecule has 0 aliphatic rings. The lowest BCUT2D eigenvalue weighted by Gasteiger charge is -2.14. The number of hydrogen-bond donors (Lipinski definition) is 2. The van der Waals surface area contributed by atoms with Crippen molar-refractivity contribution in [3.05, 3.63) is 11.9 Å². The first-order valence-electron chi connectivity index (χ1n) is 3.87. The fraction of sp³-hybridized carbons (Fsp3) is 0.714. The molecule has 0 spiro atoms. The second-order valence-corrected chi connectivity index (χ2v) is 2.70. The lowest BCUT2D eigenvalue weighted by atomic mass is 10.1. The Kier molecular flexibility index (Phi) is 2.78. The minimum Gasteiger partial charge on any atom is -0.390 e. The molecule has 0 saturated heterocycles. The molecule has 0 amide bonds. The van der Waals surface area contributed by atoms with Gasteiger partial charge in [-0.2, -0.15) is 0 Å². The lowest BCUT2D eigenvalue weighted by molar-refractivity contribution is 0.0117. The van der Waals surface area contributed by atoms with E-state index in [0.717, 1.165) is 0 Å². The van der Waals surface area contributed by atoms with Crippen molar-refractivity contribution < 1.29 is 10.2 Å². The topological polar surface area (TPSA) is 71.2 Å². The van der Waals surface area contributed by atoms with Gasteiger partial charge in [0.05, 0.1) is 18.0 Å². The summed E-state index contributed by atoms with van der Waals surface area (Å²) >= 11 is 0. The van der Waals surface area contributed by atoms with E-state index in [-0.39, 0.29) is 0 Å². The van der Waals surface area contributed by atoms with Crippen LogP contribution in [0.2, 0.25) is 0 Å². The van der Waals surface area contributed by atoms with Gasteiger partial charge >= 0.3 is 0 Å². The predicted molar refractivity (Wildman–Crippen MR) is 42.3 cm³/mol. The minimum absolute atomic E-state index is 0.506. The highest BCUT2D eigenvalue weighted by Crippen LogP contribution is 2.16. The van der Waals surface area contributed by atoms with Gasteiger partial charge < -0.3 is 10.2 Å². The largest absolute Gasteiger partial charge is 0.390 e. The fourth-order valence-electron chi connectivity index (χ4n) is 0.986. The van der Waals surface area contributed by atoms with Crippen LogP contribution in [-0.2, 0) is 7.05 Å². The molecule has 1 rings (SSSR count). The first kappa shape index (κ1) is 9.15. The predicted octanol–water partition coefficient (Wildman–Crippen LogP) is -0.381. The smallest absolute Gasteiger partial charge is 0.123 e. The van der Waals surface area contributed by atoms with Gasteiger partial charge in [0.1, 0.15) is 6.10 Å². The Morgan fingerprint density at radius 2 is 2.25 bits per heavy atom. The van der Waals surface area contributed by atoms with Crippen LogP contribution in [0, 0.1) is 0 Å². The van der Waals surface area contributed by atoms with E-state index in [1.807, 2.05) is 0 Å². The summed E-state index contributed by atoms with van der Waals surface area (Å²) in [5.74, 6) is 0. The van der Waals surface area contributed by atoms with Crippen molar-refractivity contribution >= 4 is 0 Å². The summed E-state index contributed by atoms with van der Waals surface area (Å²) in [4.78, 5) is 0. The van der Waals surface area contributed by atoms with Crippen molar-refractivity contribution in [3.63, 3.8) is 0 Å². The highest BCUT2D eigenvalue weighted by Gasteiger charge is 2.19. The van der Waals surface area contributed by atoms with E-state index < -0.39 is 12.2 Å².